The number of aryl methyl sites for hydroxylation is 1. The van der Waals surface area contributed by atoms with Gasteiger partial charge in [0.2, 0.25) is 0 Å². The monoisotopic (exact) mass is 511 g/mol. The van der Waals surface area contributed by atoms with Crippen LogP contribution in [-0.4, -0.2) is 44.3 Å². The van der Waals surface area contributed by atoms with Gasteiger partial charge < -0.3 is 29.8 Å². The Bertz CT molecular complexity index is 1120. The molecule has 2 heterocycles. The zero-order chi connectivity index (χ0) is 25.5. The van der Waals surface area contributed by atoms with Gasteiger partial charge in [-0.1, -0.05) is 67.2 Å². The largest absolute Gasteiger partial charge is 0.392 e. The molecule has 0 bridgehead atoms. The van der Waals surface area contributed by atoms with Crippen molar-refractivity contribution >= 4 is 17.8 Å². The highest BCUT2D eigenvalue weighted by molar-refractivity contribution is 7.99. The van der Waals surface area contributed by atoms with Crippen molar-refractivity contribution in [2.75, 3.05) is 12.3 Å². The zero-order valence-corrected chi connectivity index (χ0v) is 21.6. The van der Waals surface area contributed by atoms with E-state index in [1.54, 1.807) is 18.1 Å². The van der Waals surface area contributed by atoms with E-state index in [9.17, 15) is 9.90 Å². The minimum Gasteiger partial charge on any atom is -0.392 e. The third-order valence-corrected chi connectivity index (χ3v) is 7.34. The van der Waals surface area contributed by atoms with E-state index < -0.39 is 6.29 Å². The molecule has 36 heavy (non-hydrogen) atoms. The van der Waals surface area contributed by atoms with Crippen LogP contribution < -0.4 is 10.6 Å². The van der Waals surface area contributed by atoms with Crippen molar-refractivity contribution in [3.63, 3.8) is 0 Å². The average molecular weight is 512 g/mol. The van der Waals surface area contributed by atoms with Gasteiger partial charge in [0.25, 0.3) is 0 Å². The van der Waals surface area contributed by atoms with Gasteiger partial charge in [-0.05, 0) is 23.6 Å². The maximum Gasteiger partial charge on any atom is 0.315 e. The summed E-state index contributed by atoms with van der Waals surface area (Å²) in [4.78, 5) is 11.7. The molecule has 0 unspecified atom stereocenters. The molecule has 2 amide bonds. The number of aliphatic hydroxyl groups is 1. The van der Waals surface area contributed by atoms with Gasteiger partial charge in [-0.3, -0.25) is 0 Å². The topological polar surface area (TPSA) is 111 Å². The van der Waals surface area contributed by atoms with Crippen LogP contribution in [0.5, 0.6) is 0 Å². The van der Waals surface area contributed by atoms with Gasteiger partial charge in [0.05, 0.1) is 18.8 Å². The summed E-state index contributed by atoms with van der Waals surface area (Å²) in [6.07, 6.45) is 0.875. The summed E-state index contributed by atoms with van der Waals surface area (Å²) >= 11 is 1.61. The second-order valence-electron chi connectivity index (χ2n) is 8.81. The Hall–Kier alpha value is -2.92. The van der Waals surface area contributed by atoms with E-state index in [2.05, 4.69) is 27.8 Å². The number of ether oxygens (including phenoxy) is 2. The molecule has 3 N–H and O–H groups in total. The standard InChI is InChI=1S/C26H33N5O4S/c1-4-27-25(33)28-13-18-5-11-21(12-6-18)24-34-22(15-36-26-30-29-16-31(26)3)17(2)23(35-24)20-9-7-19(14-32)8-10-20/h5-12,16-17,22-24,32H,4,13-15H2,1-3H3,(H2,27,28,33)/t17-,22+,23+,24+/m1/s1. The van der Waals surface area contributed by atoms with Gasteiger partial charge >= 0.3 is 6.03 Å². The van der Waals surface area contributed by atoms with E-state index in [-0.39, 0.29) is 30.8 Å². The van der Waals surface area contributed by atoms with Crippen LogP contribution in [-0.2, 0) is 29.7 Å². The van der Waals surface area contributed by atoms with Crippen LogP contribution in [0, 0.1) is 5.92 Å². The summed E-state index contributed by atoms with van der Waals surface area (Å²) in [5.74, 6) is 0.787. The number of aliphatic hydroxyl groups excluding tert-OH is 1. The molecular weight excluding hydrogens is 478 g/mol. The molecule has 10 heteroatoms. The van der Waals surface area contributed by atoms with Crippen molar-refractivity contribution < 1.29 is 19.4 Å². The second-order valence-corrected chi connectivity index (χ2v) is 9.80. The van der Waals surface area contributed by atoms with E-state index in [4.69, 9.17) is 9.47 Å². The van der Waals surface area contributed by atoms with E-state index in [1.165, 1.54) is 0 Å². The molecule has 1 saturated heterocycles. The Kier molecular flexibility index (Phi) is 8.98. The molecule has 1 fully saturated rings. The van der Waals surface area contributed by atoms with Crippen LogP contribution in [0.2, 0.25) is 0 Å². The van der Waals surface area contributed by atoms with Crippen LogP contribution in [0.15, 0.2) is 60.0 Å². The summed E-state index contributed by atoms with van der Waals surface area (Å²) in [6, 6.07) is 15.6. The first-order valence-electron chi connectivity index (χ1n) is 12.1. The predicted octanol–water partition coefficient (Wildman–Crippen LogP) is 3.71. The number of urea groups is 1. The molecule has 0 radical (unpaired) electrons. The number of nitrogens with one attached hydrogen (secondary N) is 2. The van der Waals surface area contributed by atoms with Crippen molar-refractivity contribution in [3.05, 3.63) is 77.1 Å². The highest BCUT2D eigenvalue weighted by atomic mass is 32.2. The fourth-order valence-corrected chi connectivity index (χ4v) is 5.12. The predicted molar refractivity (Wildman–Crippen MR) is 137 cm³/mol. The van der Waals surface area contributed by atoms with Gasteiger partial charge in [0.15, 0.2) is 11.4 Å². The van der Waals surface area contributed by atoms with E-state index in [0.29, 0.717) is 18.8 Å². The molecule has 1 aliphatic heterocycles. The summed E-state index contributed by atoms with van der Waals surface area (Å²) < 4.78 is 14.9. The number of carbonyl (C=O) groups is 1. The van der Waals surface area contributed by atoms with Crippen molar-refractivity contribution in [1.29, 1.82) is 0 Å². The highest BCUT2D eigenvalue weighted by Gasteiger charge is 2.38. The van der Waals surface area contributed by atoms with Gasteiger partial charge in [0.1, 0.15) is 6.33 Å². The Morgan fingerprint density at radius 3 is 2.39 bits per heavy atom. The molecule has 1 aromatic heterocycles. The van der Waals surface area contributed by atoms with Gasteiger partial charge in [-0.15, -0.1) is 10.2 Å². The Morgan fingerprint density at radius 2 is 1.75 bits per heavy atom. The summed E-state index contributed by atoms with van der Waals surface area (Å²) in [5, 5.41) is 24.0. The third-order valence-electron chi connectivity index (χ3n) is 6.21. The molecule has 2 aromatic carbocycles. The number of benzene rings is 2. The molecule has 192 valence electrons. The minimum absolute atomic E-state index is 0.00533. The number of carbonyl (C=O) groups excluding carboxylic acids is 1. The number of hydrogen-bond donors (Lipinski definition) is 3. The van der Waals surface area contributed by atoms with Gasteiger partial charge in [0, 0.05) is 37.4 Å². The number of aromatic nitrogens is 3. The van der Waals surface area contributed by atoms with Crippen molar-refractivity contribution in [2.45, 2.75) is 50.7 Å². The first-order chi connectivity index (χ1) is 17.5. The Morgan fingerprint density at radius 1 is 1.06 bits per heavy atom. The van der Waals surface area contributed by atoms with Crippen molar-refractivity contribution in [2.24, 2.45) is 13.0 Å². The number of amides is 2. The third kappa shape index (κ3) is 6.44. The first-order valence-corrected chi connectivity index (χ1v) is 13.0. The first kappa shape index (κ1) is 26.2. The molecule has 0 aliphatic carbocycles. The molecule has 1 aliphatic rings. The molecule has 9 nitrogen and oxygen atoms in total. The zero-order valence-electron chi connectivity index (χ0n) is 20.8. The molecular formula is C26H33N5O4S. The summed E-state index contributed by atoms with van der Waals surface area (Å²) in [6.45, 7) is 5.04. The fraction of sp³-hybridized carbons (Fsp3) is 0.423. The normalized spacial score (nSPS) is 21.8. The smallest absolute Gasteiger partial charge is 0.315 e. The maximum absolute atomic E-state index is 11.7. The number of thioether (sulfide) groups is 1. The van der Waals surface area contributed by atoms with E-state index in [0.717, 1.165) is 27.4 Å². The molecule has 0 saturated carbocycles. The fourth-order valence-electron chi connectivity index (χ4n) is 4.07. The van der Waals surface area contributed by atoms with E-state index in [1.807, 2.05) is 67.1 Å². The van der Waals surface area contributed by atoms with Crippen LogP contribution in [0.1, 0.15) is 48.5 Å². The van der Waals surface area contributed by atoms with Crippen LogP contribution in [0.4, 0.5) is 4.79 Å². The lowest BCUT2D eigenvalue weighted by Gasteiger charge is -2.41. The Labute approximate surface area is 215 Å². The minimum atomic E-state index is -0.542. The SMILES string of the molecule is CCNC(=O)NCc1ccc([C@H]2O[C@@H](CSc3nncn3C)[C@@H](C)[C@@H](c3ccc(CO)cc3)O2)cc1. The molecule has 3 aromatic rings. The van der Waals surface area contributed by atoms with Gasteiger partial charge in [-0.25, -0.2) is 4.79 Å². The van der Waals surface area contributed by atoms with Crippen LogP contribution in [0.25, 0.3) is 0 Å². The number of rotatable bonds is 9. The lowest BCUT2D eigenvalue weighted by atomic mass is 9.91. The number of hydrogen-bond acceptors (Lipinski definition) is 7. The molecule has 4 atom stereocenters. The summed E-state index contributed by atoms with van der Waals surface area (Å²) in [5.41, 5.74) is 3.81. The van der Waals surface area contributed by atoms with Crippen molar-refractivity contribution in [1.82, 2.24) is 25.4 Å². The second kappa shape index (κ2) is 12.4. The Balaban J connectivity index is 1.51. The highest BCUT2D eigenvalue weighted by Crippen LogP contribution is 2.42. The molecule has 4 rings (SSSR count). The summed E-state index contributed by atoms with van der Waals surface area (Å²) in [7, 11) is 1.92. The lowest BCUT2D eigenvalue weighted by Crippen LogP contribution is -2.38. The lowest BCUT2D eigenvalue weighted by molar-refractivity contribution is -0.268. The maximum atomic E-state index is 11.7. The van der Waals surface area contributed by atoms with Crippen LogP contribution in [0.3, 0.4) is 0 Å². The van der Waals surface area contributed by atoms with Crippen molar-refractivity contribution in [3.8, 4) is 0 Å². The van der Waals surface area contributed by atoms with E-state index >= 15 is 0 Å². The quantitative estimate of drug-likeness (QED) is 0.376. The van der Waals surface area contributed by atoms with Crippen LogP contribution >= 0.6 is 11.8 Å². The molecule has 0 spiro atoms. The average Bonchev–Trinajstić information content (AvgIpc) is 3.32. The number of nitrogens with zero attached hydrogens (tertiary/aromatic N) is 3. The van der Waals surface area contributed by atoms with Gasteiger partial charge in [-0.2, -0.15) is 0 Å².